The van der Waals surface area contributed by atoms with E-state index in [1.54, 1.807) is 0 Å². The van der Waals surface area contributed by atoms with E-state index in [4.69, 9.17) is 9.52 Å². The summed E-state index contributed by atoms with van der Waals surface area (Å²) in [4.78, 5) is 37.4. The van der Waals surface area contributed by atoms with Crippen LogP contribution in [0.1, 0.15) is 29.7 Å². The van der Waals surface area contributed by atoms with E-state index in [-0.39, 0.29) is 12.3 Å². The second-order valence-corrected chi connectivity index (χ2v) is 4.59. The van der Waals surface area contributed by atoms with Gasteiger partial charge >= 0.3 is 17.8 Å². The summed E-state index contributed by atoms with van der Waals surface area (Å²) in [5, 5.41) is 8.76. The lowest BCUT2D eigenvalue weighted by molar-refractivity contribution is -0.156. The Bertz CT molecular complexity index is 537. The van der Waals surface area contributed by atoms with Crippen LogP contribution in [0, 0.1) is 0 Å². The van der Waals surface area contributed by atoms with Crippen molar-refractivity contribution in [3.8, 4) is 0 Å². The zero-order chi connectivity index (χ0) is 14.7. The molecule has 0 bridgehead atoms. The van der Waals surface area contributed by atoms with E-state index < -0.39 is 17.8 Å². The molecular formula is C13H16N2O5. The highest BCUT2D eigenvalue weighted by Gasteiger charge is 2.32. The van der Waals surface area contributed by atoms with Gasteiger partial charge in [-0.3, -0.25) is 9.59 Å². The van der Waals surface area contributed by atoms with Crippen molar-refractivity contribution in [2.75, 3.05) is 19.6 Å². The van der Waals surface area contributed by atoms with Crippen LogP contribution in [0.4, 0.5) is 0 Å². The Balaban J connectivity index is 2.01. The molecule has 2 heterocycles. The maximum absolute atomic E-state index is 11.9. The van der Waals surface area contributed by atoms with Gasteiger partial charge < -0.3 is 19.3 Å². The number of carboxylic acids is 1. The van der Waals surface area contributed by atoms with Crippen molar-refractivity contribution in [2.24, 2.45) is 0 Å². The molecule has 0 saturated carbocycles. The number of carbonyl (C=O) groups excluding carboxylic acids is 2. The lowest BCUT2D eigenvalue weighted by Gasteiger charge is -2.33. The molecule has 2 amide bonds. The van der Waals surface area contributed by atoms with Crippen molar-refractivity contribution in [2.45, 2.75) is 19.9 Å². The number of furan rings is 1. The Kier molecular flexibility index (Phi) is 4.07. The van der Waals surface area contributed by atoms with Crippen molar-refractivity contribution in [3.05, 3.63) is 23.7 Å². The lowest BCUT2D eigenvalue weighted by atomic mass is 10.2. The van der Waals surface area contributed by atoms with Gasteiger partial charge in [-0.1, -0.05) is 6.92 Å². The summed E-state index contributed by atoms with van der Waals surface area (Å²) in [5.74, 6) is -2.07. The Morgan fingerprint density at radius 1 is 1.25 bits per heavy atom. The Morgan fingerprint density at radius 2 is 1.90 bits per heavy atom. The maximum atomic E-state index is 11.9. The molecule has 0 radical (unpaired) electrons. The van der Waals surface area contributed by atoms with Gasteiger partial charge in [-0.05, 0) is 18.6 Å². The Labute approximate surface area is 115 Å². The first-order chi connectivity index (χ1) is 9.52. The van der Waals surface area contributed by atoms with Crippen LogP contribution in [0.2, 0.25) is 0 Å². The molecule has 2 rings (SSSR count). The summed E-state index contributed by atoms with van der Waals surface area (Å²) >= 11 is 0. The highest BCUT2D eigenvalue weighted by Crippen LogP contribution is 2.14. The van der Waals surface area contributed by atoms with Gasteiger partial charge in [-0.15, -0.1) is 0 Å². The fourth-order valence-corrected chi connectivity index (χ4v) is 2.12. The number of amides is 2. The van der Waals surface area contributed by atoms with Crippen molar-refractivity contribution in [1.82, 2.24) is 9.80 Å². The van der Waals surface area contributed by atoms with E-state index >= 15 is 0 Å². The molecule has 0 spiro atoms. The fraction of sp³-hybridized carbons (Fsp3) is 0.462. The van der Waals surface area contributed by atoms with E-state index in [1.807, 2.05) is 6.92 Å². The number of nitrogens with zero attached hydrogens (tertiary/aromatic N) is 2. The predicted octanol–water partition coefficient (Wildman–Crippen LogP) is 0.559. The number of aromatic carboxylic acids is 1. The summed E-state index contributed by atoms with van der Waals surface area (Å²) < 4.78 is 5.09. The first kappa shape index (κ1) is 14.1. The molecule has 1 aliphatic rings. The molecule has 0 aromatic carbocycles. The predicted molar refractivity (Wildman–Crippen MR) is 68.0 cm³/mol. The van der Waals surface area contributed by atoms with Crippen LogP contribution in [0.15, 0.2) is 16.5 Å². The molecule has 1 N–H and O–H groups in total. The molecule has 0 aliphatic carbocycles. The number of hydrogen-bond donors (Lipinski definition) is 1. The van der Waals surface area contributed by atoms with Crippen molar-refractivity contribution in [3.63, 3.8) is 0 Å². The minimum atomic E-state index is -1.16. The molecule has 108 valence electrons. The minimum Gasteiger partial charge on any atom is -0.475 e. The van der Waals surface area contributed by atoms with Gasteiger partial charge in [0.05, 0.1) is 6.54 Å². The summed E-state index contributed by atoms with van der Waals surface area (Å²) in [6, 6.07) is 2.83. The average Bonchev–Trinajstić information content (AvgIpc) is 2.87. The number of hydrogen-bond acceptors (Lipinski definition) is 4. The number of carbonyl (C=O) groups is 3. The highest BCUT2D eigenvalue weighted by atomic mass is 16.4. The van der Waals surface area contributed by atoms with E-state index in [0.717, 1.165) is 6.42 Å². The smallest absolute Gasteiger partial charge is 0.371 e. The normalized spacial score (nSPS) is 15.8. The quantitative estimate of drug-likeness (QED) is 0.796. The standard InChI is InChI=1S/C13H16N2O5/c1-2-5-14-6-7-15(12(17)11(14)16)8-9-3-4-10(20-9)13(18)19/h3-4H,2,5-8H2,1H3,(H,18,19). The van der Waals surface area contributed by atoms with Gasteiger partial charge in [0, 0.05) is 19.6 Å². The van der Waals surface area contributed by atoms with Crippen LogP contribution in [-0.2, 0) is 16.1 Å². The summed E-state index contributed by atoms with van der Waals surface area (Å²) in [5.41, 5.74) is 0. The van der Waals surface area contributed by atoms with Crippen LogP contribution in [0.3, 0.4) is 0 Å². The molecule has 7 nitrogen and oxygen atoms in total. The molecule has 1 saturated heterocycles. The molecule has 1 fully saturated rings. The van der Waals surface area contributed by atoms with Crippen LogP contribution >= 0.6 is 0 Å². The Hall–Kier alpha value is -2.31. The SMILES string of the molecule is CCCN1CCN(Cc2ccc(C(=O)O)o2)C(=O)C1=O. The van der Waals surface area contributed by atoms with Crippen LogP contribution in [0.25, 0.3) is 0 Å². The molecular weight excluding hydrogens is 264 g/mol. The minimum absolute atomic E-state index is 0.109. The van der Waals surface area contributed by atoms with Gasteiger partial charge in [-0.25, -0.2) is 4.79 Å². The monoisotopic (exact) mass is 280 g/mol. The number of piperazine rings is 1. The third-order valence-electron chi connectivity index (χ3n) is 3.11. The molecule has 20 heavy (non-hydrogen) atoms. The van der Waals surface area contributed by atoms with Crippen LogP contribution < -0.4 is 0 Å². The zero-order valence-corrected chi connectivity index (χ0v) is 11.2. The van der Waals surface area contributed by atoms with E-state index in [0.29, 0.717) is 25.4 Å². The molecule has 7 heteroatoms. The third kappa shape index (κ3) is 2.81. The lowest BCUT2D eigenvalue weighted by Crippen LogP contribution is -2.53. The van der Waals surface area contributed by atoms with Gasteiger partial charge in [0.1, 0.15) is 5.76 Å². The van der Waals surface area contributed by atoms with Crippen molar-refractivity contribution < 1.29 is 23.9 Å². The molecule has 1 aromatic heterocycles. The maximum Gasteiger partial charge on any atom is 0.371 e. The van der Waals surface area contributed by atoms with Gasteiger partial charge in [-0.2, -0.15) is 0 Å². The zero-order valence-electron chi connectivity index (χ0n) is 11.2. The van der Waals surface area contributed by atoms with E-state index in [2.05, 4.69) is 0 Å². The number of rotatable bonds is 5. The topological polar surface area (TPSA) is 91.1 Å². The Morgan fingerprint density at radius 3 is 2.50 bits per heavy atom. The molecule has 1 aromatic rings. The second-order valence-electron chi connectivity index (χ2n) is 4.59. The largest absolute Gasteiger partial charge is 0.475 e. The van der Waals surface area contributed by atoms with Crippen LogP contribution in [0.5, 0.6) is 0 Å². The van der Waals surface area contributed by atoms with Gasteiger partial charge in [0.25, 0.3) is 0 Å². The second kappa shape index (κ2) is 5.77. The average molecular weight is 280 g/mol. The van der Waals surface area contributed by atoms with Gasteiger partial charge in [0.2, 0.25) is 5.76 Å². The summed E-state index contributed by atoms with van der Waals surface area (Å²) in [7, 11) is 0. The summed E-state index contributed by atoms with van der Waals surface area (Å²) in [6.07, 6.45) is 0.805. The van der Waals surface area contributed by atoms with E-state index in [9.17, 15) is 14.4 Å². The third-order valence-corrected chi connectivity index (χ3v) is 3.11. The van der Waals surface area contributed by atoms with E-state index in [1.165, 1.54) is 21.9 Å². The van der Waals surface area contributed by atoms with Crippen molar-refractivity contribution in [1.29, 1.82) is 0 Å². The number of carboxylic acid groups (broad SMARTS) is 1. The first-order valence-corrected chi connectivity index (χ1v) is 6.43. The molecule has 1 aliphatic heterocycles. The first-order valence-electron chi connectivity index (χ1n) is 6.43. The van der Waals surface area contributed by atoms with Crippen LogP contribution in [-0.4, -0.2) is 52.3 Å². The molecule has 0 unspecified atom stereocenters. The fourth-order valence-electron chi connectivity index (χ4n) is 2.12. The summed E-state index contributed by atoms with van der Waals surface area (Å²) in [6.45, 7) is 3.54. The highest BCUT2D eigenvalue weighted by molar-refractivity contribution is 6.35. The van der Waals surface area contributed by atoms with Gasteiger partial charge in [0.15, 0.2) is 0 Å². The van der Waals surface area contributed by atoms with Crippen molar-refractivity contribution >= 4 is 17.8 Å². The molecule has 0 atom stereocenters.